The van der Waals surface area contributed by atoms with Crippen LogP contribution in [-0.2, 0) is 6.54 Å². The third-order valence-corrected chi connectivity index (χ3v) is 6.37. The molecule has 3 aromatic carbocycles. The molecule has 35 heavy (non-hydrogen) atoms. The van der Waals surface area contributed by atoms with Gasteiger partial charge in [-0.05, 0) is 95.0 Å². The van der Waals surface area contributed by atoms with Crippen LogP contribution < -0.4 is 15.4 Å². The number of amides is 1. The van der Waals surface area contributed by atoms with Gasteiger partial charge >= 0.3 is 0 Å². The number of methoxy groups -OCH3 is 1. The Kier molecular flexibility index (Phi) is 7.42. The summed E-state index contributed by atoms with van der Waals surface area (Å²) in [6, 6.07) is 21.4. The molecule has 182 valence electrons. The summed E-state index contributed by atoms with van der Waals surface area (Å²) < 4.78 is 7.66. The van der Waals surface area contributed by atoms with E-state index in [2.05, 4.69) is 66.2 Å². The summed E-state index contributed by atoms with van der Waals surface area (Å²) in [6.07, 6.45) is 1.11. The predicted molar refractivity (Wildman–Crippen MR) is 145 cm³/mol. The van der Waals surface area contributed by atoms with Gasteiger partial charge in [0.05, 0.1) is 7.11 Å². The first kappa shape index (κ1) is 24.4. The third-order valence-electron chi connectivity index (χ3n) is 6.37. The predicted octanol–water partition coefficient (Wildman–Crippen LogP) is 6.21. The molecule has 0 bridgehead atoms. The van der Waals surface area contributed by atoms with Gasteiger partial charge in [0.15, 0.2) is 0 Å². The van der Waals surface area contributed by atoms with Gasteiger partial charge in [0, 0.05) is 51.8 Å². The molecule has 6 nitrogen and oxygen atoms in total. The highest BCUT2D eigenvalue weighted by Gasteiger charge is 2.12. The summed E-state index contributed by atoms with van der Waals surface area (Å²) in [7, 11) is 5.83. The number of fused-ring (bicyclic) bond motifs is 1. The lowest BCUT2D eigenvalue weighted by Gasteiger charge is -2.13. The highest BCUT2D eigenvalue weighted by Crippen LogP contribution is 2.30. The Bertz CT molecular complexity index is 1340. The summed E-state index contributed by atoms with van der Waals surface area (Å²) in [6.45, 7) is 6.46. The van der Waals surface area contributed by atoms with Crippen LogP contribution in [0.15, 0.2) is 66.7 Å². The van der Waals surface area contributed by atoms with Crippen molar-refractivity contribution in [2.75, 3.05) is 38.4 Å². The molecule has 0 aliphatic heterocycles. The fourth-order valence-electron chi connectivity index (χ4n) is 4.37. The maximum atomic E-state index is 12.8. The van der Waals surface area contributed by atoms with Crippen LogP contribution >= 0.6 is 0 Å². The maximum absolute atomic E-state index is 12.8. The van der Waals surface area contributed by atoms with Crippen molar-refractivity contribution in [1.29, 1.82) is 0 Å². The number of carbonyl (C=O) groups is 1. The second-order valence-corrected chi connectivity index (χ2v) is 9.14. The highest BCUT2D eigenvalue weighted by atomic mass is 16.5. The molecule has 0 radical (unpaired) electrons. The summed E-state index contributed by atoms with van der Waals surface area (Å²) in [5.74, 6) is 0.532. The van der Waals surface area contributed by atoms with Gasteiger partial charge in [-0.3, -0.25) is 4.79 Å². The second-order valence-electron chi connectivity index (χ2n) is 9.14. The normalized spacial score (nSPS) is 11.1. The lowest BCUT2D eigenvalue weighted by molar-refractivity contribution is 0.102. The number of rotatable bonds is 9. The number of nitrogens with one attached hydrogen (secondary N) is 2. The Morgan fingerprint density at radius 1 is 0.943 bits per heavy atom. The second kappa shape index (κ2) is 10.7. The molecular formula is C29H34N4O2. The van der Waals surface area contributed by atoms with Gasteiger partial charge in [-0.2, -0.15) is 0 Å². The monoisotopic (exact) mass is 470 g/mol. The number of aryl methyl sites for hydroxylation is 2. The molecular weight excluding hydrogens is 436 g/mol. The number of hydrogen-bond acceptors (Lipinski definition) is 4. The molecule has 1 heterocycles. The van der Waals surface area contributed by atoms with Crippen molar-refractivity contribution < 1.29 is 9.53 Å². The van der Waals surface area contributed by atoms with Crippen LogP contribution in [-0.4, -0.2) is 43.1 Å². The number of anilines is 3. The van der Waals surface area contributed by atoms with Crippen LogP contribution in [0.5, 0.6) is 5.75 Å². The van der Waals surface area contributed by atoms with Crippen LogP contribution in [0.2, 0.25) is 0 Å². The van der Waals surface area contributed by atoms with E-state index in [1.54, 1.807) is 13.2 Å². The molecule has 4 rings (SSSR count). The zero-order valence-electron chi connectivity index (χ0n) is 21.2. The molecule has 2 N–H and O–H groups in total. The number of nitrogens with zero attached hydrogens (tertiary/aromatic N) is 2. The Labute approximate surface area is 207 Å². The van der Waals surface area contributed by atoms with Gasteiger partial charge in [-0.15, -0.1) is 0 Å². The van der Waals surface area contributed by atoms with E-state index < -0.39 is 0 Å². The van der Waals surface area contributed by atoms with Crippen molar-refractivity contribution in [2.45, 2.75) is 26.8 Å². The Hall–Kier alpha value is -3.77. The standard InChI is InChI=1S/C29H34N4O2/c1-20-21(2)33(16-8-15-32(3)4)28-14-13-25(19-27(20)28)30-23-10-6-9-22(17-23)29(34)31-24-11-7-12-26(18-24)35-5/h6-7,9-14,17-19,30H,8,15-16H2,1-5H3,(H,31,34). The van der Waals surface area contributed by atoms with Gasteiger partial charge < -0.3 is 24.8 Å². The minimum Gasteiger partial charge on any atom is -0.497 e. The summed E-state index contributed by atoms with van der Waals surface area (Å²) >= 11 is 0. The molecule has 0 unspecified atom stereocenters. The fraction of sp³-hybridized carbons (Fsp3) is 0.276. The van der Waals surface area contributed by atoms with Gasteiger partial charge in [0.1, 0.15) is 5.75 Å². The van der Waals surface area contributed by atoms with Crippen molar-refractivity contribution >= 4 is 33.9 Å². The number of ether oxygens (including phenoxy) is 1. The van der Waals surface area contributed by atoms with Crippen LogP contribution in [0.3, 0.4) is 0 Å². The van der Waals surface area contributed by atoms with E-state index in [4.69, 9.17) is 4.74 Å². The molecule has 0 aliphatic carbocycles. The molecule has 6 heteroatoms. The Morgan fingerprint density at radius 3 is 2.46 bits per heavy atom. The van der Waals surface area contributed by atoms with E-state index in [9.17, 15) is 4.79 Å². The minimum atomic E-state index is -0.168. The van der Waals surface area contributed by atoms with Gasteiger partial charge in [0.2, 0.25) is 0 Å². The van der Waals surface area contributed by atoms with Crippen LogP contribution in [0.4, 0.5) is 17.1 Å². The maximum Gasteiger partial charge on any atom is 0.255 e. The fourth-order valence-corrected chi connectivity index (χ4v) is 4.37. The smallest absolute Gasteiger partial charge is 0.255 e. The van der Waals surface area contributed by atoms with Crippen molar-refractivity contribution in [1.82, 2.24) is 9.47 Å². The van der Waals surface area contributed by atoms with Gasteiger partial charge in [-0.25, -0.2) is 0 Å². The molecule has 0 atom stereocenters. The zero-order chi connectivity index (χ0) is 24.9. The minimum absolute atomic E-state index is 0.168. The quantitative estimate of drug-likeness (QED) is 0.305. The van der Waals surface area contributed by atoms with E-state index in [0.717, 1.165) is 30.9 Å². The lowest BCUT2D eigenvalue weighted by atomic mass is 10.1. The average Bonchev–Trinajstić information content (AvgIpc) is 3.08. The van der Waals surface area contributed by atoms with Gasteiger partial charge in [0.25, 0.3) is 5.91 Å². The van der Waals surface area contributed by atoms with Crippen molar-refractivity contribution in [3.8, 4) is 5.75 Å². The van der Waals surface area contributed by atoms with E-state index in [1.807, 2.05) is 42.5 Å². The molecule has 1 amide bonds. The number of aromatic nitrogens is 1. The van der Waals surface area contributed by atoms with E-state index in [1.165, 1.54) is 22.2 Å². The molecule has 0 saturated heterocycles. The van der Waals surface area contributed by atoms with Gasteiger partial charge in [-0.1, -0.05) is 12.1 Å². The van der Waals surface area contributed by atoms with Crippen LogP contribution in [0.1, 0.15) is 28.0 Å². The molecule has 1 aromatic heterocycles. The molecule has 0 fully saturated rings. The Morgan fingerprint density at radius 2 is 1.69 bits per heavy atom. The molecule has 0 saturated carbocycles. The summed E-state index contributed by atoms with van der Waals surface area (Å²) in [4.78, 5) is 15.0. The number of carbonyl (C=O) groups excluding carboxylic acids is 1. The summed E-state index contributed by atoms with van der Waals surface area (Å²) in [5, 5.41) is 7.66. The third kappa shape index (κ3) is 5.66. The molecule has 4 aromatic rings. The summed E-state index contributed by atoms with van der Waals surface area (Å²) in [5.41, 5.74) is 7.01. The largest absolute Gasteiger partial charge is 0.497 e. The van der Waals surface area contributed by atoms with Crippen LogP contribution in [0.25, 0.3) is 10.9 Å². The van der Waals surface area contributed by atoms with E-state index in [0.29, 0.717) is 17.0 Å². The SMILES string of the molecule is COc1cccc(NC(=O)c2cccc(Nc3ccc4c(c3)c(C)c(C)n4CCCN(C)C)c2)c1. The van der Waals surface area contributed by atoms with Crippen molar-refractivity contribution in [2.24, 2.45) is 0 Å². The zero-order valence-corrected chi connectivity index (χ0v) is 21.2. The first-order chi connectivity index (χ1) is 16.9. The van der Waals surface area contributed by atoms with Crippen molar-refractivity contribution in [3.05, 3.63) is 83.6 Å². The van der Waals surface area contributed by atoms with E-state index in [-0.39, 0.29) is 5.91 Å². The molecule has 0 aliphatic rings. The number of hydrogen-bond donors (Lipinski definition) is 2. The lowest BCUT2D eigenvalue weighted by Crippen LogP contribution is -2.15. The first-order valence-electron chi connectivity index (χ1n) is 11.9. The van der Waals surface area contributed by atoms with Crippen LogP contribution in [0, 0.1) is 13.8 Å². The van der Waals surface area contributed by atoms with E-state index >= 15 is 0 Å². The molecule has 0 spiro atoms. The highest BCUT2D eigenvalue weighted by molar-refractivity contribution is 6.05. The Balaban J connectivity index is 1.51. The topological polar surface area (TPSA) is 58.5 Å². The number of benzene rings is 3. The first-order valence-corrected chi connectivity index (χ1v) is 11.9. The van der Waals surface area contributed by atoms with Crippen molar-refractivity contribution in [3.63, 3.8) is 0 Å². The average molecular weight is 471 g/mol.